The Labute approximate surface area is 396 Å². The van der Waals surface area contributed by atoms with Crippen molar-refractivity contribution in [3.63, 3.8) is 0 Å². The van der Waals surface area contributed by atoms with Gasteiger partial charge in [0.2, 0.25) is 0 Å². The zero-order valence-electron chi connectivity index (χ0n) is 37.2. The fraction of sp³-hybridized carbons (Fsp3) is 0. The normalized spacial score (nSPS) is 11.8. The first-order valence-corrected chi connectivity index (χ1v) is 23.3. The van der Waals surface area contributed by atoms with Gasteiger partial charge >= 0.3 is 0 Å². The van der Waals surface area contributed by atoms with Gasteiger partial charge in [0.1, 0.15) is 11.2 Å². The van der Waals surface area contributed by atoms with E-state index in [4.69, 9.17) is 19.4 Å². The lowest BCUT2D eigenvalue weighted by Gasteiger charge is -2.09. The molecule has 0 saturated heterocycles. The number of rotatable bonds is 7. The van der Waals surface area contributed by atoms with E-state index in [-0.39, 0.29) is 0 Å². The van der Waals surface area contributed by atoms with Gasteiger partial charge in [0, 0.05) is 65.9 Å². The first-order chi connectivity index (χ1) is 34.2. The molecule has 69 heavy (non-hydrogen) atoms. The van der Waals surface area contributed by atoms with E-state index < -0.39 is 0 Å². The largest absolute Gasteiger partial charge is 0.455 e. The van der Waals surface area contributed by atoms with Crippen molar-refractivity contribution in [2.75, 3.05) is 0 Å². The Morgan fingerprint density at radius 3 is 1.29 bits per heavy atom. The number of para-hydroxylation sites is 4. The highest BCUT2D eigenvalue weighted by Crippen LogP contribution is 2.42. The van der Waals surface area contributed by atoms with Crippen molar-refractivity contribution in [3.8, 4) is 67.8 Å². The number of hydrogen-bond donors (Lipinski definition) is 0. The van der Waals surface area contributed by atoms with Crippen molar-refractivity contribution >= 4 is 65.6 Å². The lowest BCUT2D eigenvalue weighted by Crippen LogP contribution is -2.00. The zero-order valence-corrected chi connectivity index (χ0v) is 37.2. The number of nitrogens with zero attached hydrogens (tertiary/aromatic N) is 5. The molecule has 6 nitrogen and oxygen atoms in total. The lowest BCUT2D eigenvalue weighted by atomic mass is 9.98. The molecule has 0 unspecified atom stereocenters. The van der Waals surface area contributed by atoms with Gasteiger partial charge < -0.3 is 13.6 Å². The van der Waals surface area contributed by atoms with Gasteiger partial charge in [-0.25, -0.2) is 15.0 Å². The van der Waals surface area contributed by atoms with Gasteiger partial charge in [-0.3, -0.25) is 0 Å². The molecule has 4 heterocycles. The summed E-state index contributed by atoms with van der Waals surface area (Å²) in [4.78, 5) is 14.9. The summed E-state index contributed by atoms with van der Waals surface area (Å²) in [5.74, 6) is 1.83. The molecule has 0 amide bonds. The number of hydrogen-bond acceptors (Lipinski definition) is 4. The van der Waals surface area contributed by atoms with Gasteiger partial charge in [-0.2, -0.15) is 0 Å². The molecular formula is C63H39N5O. The van der Waals surface area contributed by atoms with Crippen LogP contribution in [0.2, 0.25) is 0 Å². The summed E-state index contributed by atoms with van der Waals surface area (Å²) in [5, 5.41) is 6.91. The van der Waals surface area contributed by atoms with Crippen LogP contribution in [0.15, 0.2) is 241 Å². The van der Waals surface area contributed by atoms with Gasteiger partial charge in [-0.15, -0.1) is 0 Å². The van der Waals surface area contributed by atoms with Gasteiger partial charge in [-0.05, 0) is 95.6 Å². The smallest absolute Gasteiger partial charge is 0.164 e. The van der Waals surface area contributed by atoms with Crippen LogP contribution in [0.3, 0.4) is 0 Å². The monoisotopic (exact) mass is 881 g/mol. The molecule has 0 N–H and O–H groups in total. The molecule has 0 spiro atoms. The number of fused-ring (bicyclic) bond motifs is 9. The van der Waals surface area contributed by atoms with Crippen molar-refractivity contribution < 1.29 is 4.42 Å². The van der Waals surface area contributed by atoms with Crippen LogP contribution in [0.5, 0.6) is 0 Å². The Kier molecular flexibility index (Phi) is 8.79. The molecule has 0 atom stereocenters. The van der Waals surface area contributed by atoms with Crippen molar-refractivity contribution in [1.29, 1.82) is 0 Å². The molecule has 14 aromatic rings. The van der Waals surface area contributed by atoms with Crippen LogP contribution >= 0.6 is 0 Å². The second kappa shape index (κ2) is 15.6. The van der Waals surface area contributed by atoms with E-state index in [1.165, 1.54) is 43.7 Å². The Bertz CT molecular complexity index is 4230. The average Bonchev–Trinajstić information content (AvgIpc) is 4.08. The zero-order chi connectivity index (χ0) is 45.4. The molecule has 0 aliphatic rings. The van der Waals surface area contributed by atoms with Gasteiger partial charge in [-0.1, -0.05) is 158 Å². The summed E-state index contributed by atoms with van der Waals surface area (Å²) in [5.41, 5.74) is 15.7. The van der Waals surface area contributed by atoms with Crippen LogP contribution in [0, 0.1) is 0 Å². The van der Waals surface area contributed by atoms with E-state index in [9.17, 15) is 0 Å². The highest BCUT2D eigenvalue weighted by atomic mass is 16.3. The predicted octanol–water partition coefficient (Wildman–Crippen LogP) is 16.3. The van der Waals surface area contributed by atoms with Crippen molar-refractivity contribution in [2.45, 2.75) is 0 Å². The quantitative estimate of drug-likeness (QED) is 0.160. The molecule has 10 aromatic carbocycles. The maximum absolute atomic E-state index is 6.90. The Hall–Kier alpha value is -9.39. The molecule has 4 aromatic heterocycles. The van der Waals surface area contributed by atoms with Crippen LogP contribution in [-0.4, -0.2) is 24.1 Å². The first-order valence-electron chi connectivity index (χ1n) is 23.3. The summed E-state index contributed by atoms with van der Waals surface area (Å²) < 4.78 is 11.6. The van der Waals surface area contributed by atoms with Gasteiger partial charge in [0.05, 0.1) is 22.1 Å². The maximum atomic E-state index is 6.90. The summed E-state index contributed by atoms with van der Waals surface area (Å²) in [7, 11) is 0. The van der Waals surface area contributed by atoms with Crippen LogP contribution in [0.4, 0.5) is 0 Å². The van der Waals surface area contributed by atoms with Gasteiger partial charge in [0.25, 0.3) is 0 Å². The molecule has 0 saturated carbocycles. The first kappa shape index (κ1) is 38.8. The highest BCUT2D eigenvalue weighted by Gasteiger charge is 2.20. The molecule has 0 bridgehead atoms. The molecule has 6 heteroatoms. The summed E-state index contributed by atoms with van der Waals surface area (Å²) in [6.07, 6.45) is 0. The third kappa shape index (κ3) is 6.38. The summed E-state index contributed by atoms with van der Waals surface area (Å²) >= 11 is 0. The topological polar surface area (TPSA) is 61.7 Å². The van der Waals surface area contributed by atoms with Crippen molar-refractivity contribution in [1.82, 2.24) is 24.1 Å². The van der Waals surface area contributed by atoms with Crippen molar-refractivity contribution in [3.05, 3.63) is 237 Å². The highest BCUT2D eigenvalue weighted by molar-refractivity contribution is 6.15. The number of benzene rings is 10. The van der Waals surface area contributed by atoms with Crippen LogP contribution < -0.4 is 0 Å². The SMILES string of the molecule is c1ccc(-c2nc(-c3ccccc3)nc(-c3ccc4c(c3)oc3c(-c5ccc6c(c5)c5cc(-c7ccc8c(c7)c7ccccc7n8-c7ccccc7)ccc5n6-c5ccccc5)cccc34)n2)cc1. The maximum Gasteiger partial charge on any atom is 0.164 e. The predicted molar refractivity (Wildman–Crippen MR) is 283 cm³/mol. The van der Waals surface area contributed by atoms with Crippen LogP contribution in [0.25, 0.3) is 133 Å². The average molecular weight is 882 g/mol. The van der Waals surface area contributed by atoms with E-state index in [0.29, 0.717) is 17.5 Å². The summed E-state index contributed by atoms with van der Waals surface area (Å²) in [6.45, 7) is 0. The molecule has 14 rings (SSSR count). The third-order valence-corrected chi connectivity index (χ3v) is 13.6. The number of furan rings is 1. The molecule has 0 aliphatic carbocycles. The Balaban J connectivity index is 0.911. The number of aromatic nitrogens is 5. The fourth-order valence-corrected chi connectivity index (χ4v) is 10.3. The van der Waals surface area contributed by atoms with Crippen molar-refractivity contribution in [2.24, 2.45) is 0 Å². The molecule has 0 aliphatic heterocycles. The lowest BCUT2D eigenvalue weighted by molar-refractivity contribution is 0.670. The van der Waals surface area contributed by atoms with E-state index >= 15 is 0 Å². The van der Waals surface area contributed by atoms with E-state index in [1.807, 2.05) is 60.7 Å². The molecular weight excluding hydrogens is 843 g/mol. The van der Waals surface area contributed by atoms with Gasteiger partial charge in [0.15, 0.2) is 17.5 Å². The van der Waals surface area contributed by atoms with E-state index in [0.717, 1.165) is 72.2 Å². The van der Waals surface area contributed by atoms with E-state index in [1.54, 1.807) is 0 Å². The minimum absolute atomic E-state index is 0.587. The van der Waals surface area contributed by atoms with Crippen LogP contribution in [-0.2, 0) is 0 Å². The van der Waals surface area contributed by atoms with Crippen LogP contribution in [0.1, 0.15) is 0 Å². The standard InChI is InChI=1S/C63H39N5O/c1-5-16-40(17-6-1)61-64-62(41-18-7-2-8-19-41)66-63(65-61)45-28-32-50-51-26-15-25-48(60(51)69-59(50)39-45)44-31-35-58-54(38-44)53-37-43(30-34-57(53)68(58)47-22-11-4-12-23-47)42-29-33-56-52(36-42)49-24-13-14-27-55(49)67(56)46-20-9-3-10-21-46/h1-39H. The van der Waals surface area contributed by atoms with E-state index in [2.05, 4.69) is 185 Å². The molecule has 0 fully saturated rings. The molecule has 322 valence electrons. The minimum atomic E-state index is 0.587. The third-order valence-electron chi connectivity index (χ3n) is 13.6. The second-order valence-corrected chi connectivity index (χ2v) is 17.6. The molecule has 0 radical (unpaired) electrons. The minimum Gasteiger partial charge on any atom is -0.455 e. The Morgan fingerprint density at radius 2 is 0.710 bits per heavy atom. The Morgan fingerprint density at radius 1 is 0.275 bits per heavy atom. The second-order valence-electron chi connectivity index (χ2n) is 17.6. The summed E-state index contributed by atoms with van der Waals surface area (Å²) in [6, 6.07) is 83.5. The fourth-order valence-electron chi connectivity index (χ4n) is 10.3.